The molecule has 3 heterocycles. The molecule has 3 aromatic heterocycles. The predicted molar refractivity (Wildman–Crippen MR) is 89.9 cm³/mol. The smallest absolute Gasteiger partial charge is 0.258 e. The van der Waals surface area contributed by atoms with Gasteiger partial charge in [-0.2, -0.15) is 0 Å². The number of thiazole rings is 1. The van der Waals surface area contributed by atoms with Gasteiger partial charge in [-0.25, -0.2) is 4.98 Å². The Hall–Kier alpha value is -0.900. The Kier molecular flexibility index (Phi) is 4.63. The molecule has 3 rings (SSSR count). The van der Waals surface area contributed by atoms with Crippen molar-refractivity contribution in [3.8, 4) is 0 Å². The molecule has 0 unspecified atom stereocenters. The first-order valence-electron chi connectivity index (χ1n) is 6.23. The van der Waals surface area contributed by atoms with Crippen LogP contribution in [0.2, 0.25) is 0 Å². The SMILES string of the molecule is CCSc1nnc(SCc2cc(=O)n3c(C)csc3n2)s1. The van der Waals surface area contributed by atoms with E-state index in [2.05, 4.69) is 22.1 Å². The summed E-state index contributed by atoms with van der Waals surface area (Å²) in [6.45, 7) is 4.00. The second-order valence-corrected chi connectivity index (χ2v) is 8.68. The third-order valence-corrected chi connectivity index (χ3v) is 6.68. The highest BCUT2D eigenvalue weighted by Gasteiger charge is 2.09. The third-order valence-electron chi connectivity index (χ3n) is 2.63. The summed E-state index contributed by atoms with van der Waals surface area (Å²) in [5, 5.41) is 10.2. The zero-order valence-corrected chi connectivity index (χ0v) is 14.7. The van der Waals surface area contributed by atoms with Crippen LogP contribution in [-0.2, 0) is 5.75 Å². The molecule has 0 aromatic carbocycles. The van der Waals surface area contributed by atoms with E-state index in [1.807, 2.05) is 12.3 Å². The van der Waals surface area contributed by atoms with Crippen molar-refractivity contribution in [2.24, 2.45) is 0 Å². The third kappa shape index (κ3) is 3.31. The van der Waals surface area contributed by atoms with Crippen molar-refractivity contribution in [3.63, 3.8) is 0 Å². The van der Waals surface area contributed by atoms with E-state index < -0.39 is 0 Å². The lowest BCUT2D eigenvalue weighted by Gasteiger charge is -1.99. The number of aryl methyl sites for hydroxylation is 1. The fraction of sp³-hybridized carbons (Fsp3) is 0.333. The van der Waals surface area contributed by atoms with Crippen LogP contribution < -0.4 is 5.56 Å². The van der Waals surface area contributed by atoms with Crippen molar-refractivity contribution < 1.29 is 0 Å². The minimum Gasteiger partial charge on any atom is -0.269 e. The van der Waals surface area contributed by atoms with Crippen molar-refractivity contribution in [2.45, 2.75) is 28.3 Å². The summed E-state index contributed by atoms with van der Waals surface area (Å²) < 4.78 is 3.53. The maximum atomic E-state index is 12.1. The molecule has 0 aliphatic rings. The van der Waals surface area contributed by atoms with Crippen molar-refractivity contribution in [1.82, 2.24) is 19.6 Å². The number of thioether (sulfide) groups is 2. The van der Waals surface area contributed by atoms with Crippen molar-refractivity contribution in [3.05, 3.63) is 33.2 Å². The molecule has 0 aliphatic heterocycles. The first-order chi connectivity index (χ1) is 10.2. The van der Waals surface area contributed by atoms with Gasteiger partial charge in [0.1, 0.15) is 0 Å². The van der Waals surface area contributed by atoms with E-state index in [9.17, 15) is 4.79 Å². The van der Waals surface area contributed by atoms with Crippen LogP contribution in [0, 0.1) is 6.92 Å². The molecule has 0 N–H and O–H groups in total. The maximum Gasteiger partial charge on any atom is 0.258 e. The van der Waals surface area contributed by atoms with E-state index in [-0.39, 0.29) is 5.56 Å². The van der Waals surface area contributed by atoms with E-state index in [1.165, 1.54) is 11.3 Å². The summed E-state index contributed by atoms with van der Waals surface area (Å²) in [5.41, 5.74) is 1.69. The van der Waals surface area contributed by atoms with Gasteiger partial charge in [0.05, 0.1) is 5.69 Å². The van der Waals surface area contributed by atoms with Crippen LogP contribution in [0.25, 0.3) is 4.96 Å². The van der Waals surface area contributed by atoms with Crippen LogP contribution in [0.1, 0.15) is 18.3 Å². The number of aromatic nitrogens is 4. The molecule has 0 fully saturated rings. The van der Waals surface area contributed by atoms with Gasteiger partial charge in [-0.1, -0.05) is 41.8 Å². The molecule has 0 bridgehead atoms. The molecule has 0 amide bonds. The second-order valence-electron chi connectivity index (χ2n) is 4.14. The lowest BCUT2D eigenvalue weighted by molar-refractivity contribution is 0.953. The molecule has 5 nitrogen and oxygen atoms in total. The second kappa shape index (κ2) is 6.47. The van der Waals surface area contributed by atoms with Crippen molar-refractivity contribution >= 4 is 51.2 Å². The van der Waals surface area contributed by atoms with Crippen LogP contribution in [0.15, 0.2) is 24.9 Å². The number of hydrogen-bond donors (Lipinski definition) is 0. The number of rotatable bonds is 5. The fourth-order valence-electron chi connectivity index (χ4n) is 1.75. The average molecular weight is 357 g/mol. The molecule has 0 aliphatic carbocycles. The summed E-state index contributed by atoms with van der Waals surface area (Å²) in [7, 11) is 0. The Morgan fingerprint density at radius 3 is 2.81 bits per heavy atom. The molecule has 9 heteroatoms. The summed E-state index contributed by atoms with van der Waals surface area (Å²) in [4.78, 5) is 17.3. The molecule has 0 radical (unpaired) electrons. The first-order valence-corrected chi connectivity index (χ1v) is 9.90. The molecule has 3 aromatic rings. The van der Waals surface area contributed by atoms with E-state index in [4.69, 9.17) is 0 Å². The minimum absolute atomic E-state index is 0.0196. The Labute approximate surface area is 137 Å². The van der Waals surface area contributed by atoms with Crippen LogP contribution in [0.4, 0.5) is 0 Å². The molecular formula is C12H12N4OS4. The van der Waals surface area contributed by atoms with Gasteiger partial charge in [-0.05, 0) is 12.7 Å². The largest absolute Gasteiger partial charge is 0.269 e. The normalized spacial score (nSPS) is 11.3. The van der Waals surface area contributed by atoms with Crippen LogP contribution in [0.3, 0.4) is 0 Å². The number of nitrogens with zero attached hydrogens (tertiary/aromatic N) is 4. The van der Waals surface area contributed by atoms with Gasteiger partial charge in [0.25, 0.3) is 5.56 Å². The maximum absolute atomic E-state index is 12.1. The first kappa shape index (κ1) is 15.0. The van der Waals surface area contributed by atoms with E-state index in [0.717, 1.165) is 30.8 Å². The molecule has 0 saturated heterocycles. The van der Waals surface area contributed by atoms with Crippen LogP contribution in [-0.4, -0.2) is 25.3 Å². The fourth-order valence-corrected chi connectivity index (χ4v) is 5.45. The standard InChI is InChI=1S/C12H12N4OS4/c1-3-18-11-14-15-12(21-11)20-6-8-4-9(17)16-7(2)5-19-10(16)13-8/h4-5H,3,6H2,1-2H3. The minimum atomic E-state index is -0.0196. The van der Waals surface area contributed by atoms with Gasteiger partial charge in [0.2, 0.25) is 0 Å². The summed E-state index contributed by atoms with van der Waals surface area (Å²) in [6, 6.07) is 1.60. The highest BCUT2D eigenvalue weighted by Crippen LogP contribution is 2.30. The lowest BCUT2D eigenvalue weighted by Crippen LogP contribution is -2.14. The molecule has 0 spiro atoms. The quantitative estimate of drug-likeness (QED) is 0.654. The molecule has 0 atom stereocenters. The summed E-state index contributed by atoms with van der Waals surface area (Å²) in [6.07, 6.45) is 0. The van der Waals surface area contributed by atoms with Crippen molar-refractivity contribution in [2.75, 3.05) is 5.75 Å². The van der Waals surface area contributed by atoms with E-state index >= 15 is 0 Å². The van der Waals surface area contributed by atoms with Gasteiger partial charge in [0, 0.05) is 22.9 Å². The van der Waals surface area contributed by atoms with E-state index in [0.29, 0.717) is 5.75 Å². The Morgan fingerprint density at radius 1 is 1.29 bits per heavy atom. The van der Waals surface area contributed by atoms with Crippen LogP contribution >= 0.6 is 46.2 Å². The van der Waals surface area contributed by atoms with Gasteiger partial charge in [-0.3, -0.25) is 9.20 Å². The van der Waals surface area contributed by atoms with E-state index in [1.54, 1.807) is 45.3 Å². The summed E-state index contributed by atoms with van der Waals surface area (Å²) in [5.74, 6) is 1.63. The Balaban J connectivity index is 1.77. The highest BCUT2D eigenvalue weighted by atomic mass is 32.2. The Morgan fingerprint density at radius 2 is 2.05 bits per heavy atom. The van der Waals surface area contributed by atoms with Gasteiger partial charge in [0.15, 0.2) is 13.6 Å². The zero-order valence-electron chi connectivity index (χ0n) is 11.4. The zero-order chi connectivity index (χ0) is 14.8. The summed E-state index contributed by atoms with van der Waals surface area (Å²) >= 11 is 6.33. The van der Waals surface area contributed by atoms with Crippen LogP contribution in [0.5, 0.6) is 0 Å². The van der Waals surface area contributed by atoms with Crippen molar-refractivity contribution in [1.29, 1.82) is 0 Å². The lowest BCUT2D eigenvalue weighted by atomic mass is 10.4. The Bertz CT molecular complexity index is 822. The monoisotopic (exact) mass is 356 g/mol. The molecule has 21 heavy (non-hydrogen) atoms. The number of fused-ring (bicyclic) bond motifs is 1. The predicted octanol–water partition coefficient (Wildman–Crippen LogP) is 3.32. The topological polar surface area (TPSA) is 60.2 Å². The molecule has 0 saturated carbocycles. The number of hydrogen-bond acceptors (Lipinski definition) is 8. The molecular weight excluding hydrogens is 344 g/mol. The van der Waals surface area contributed by atoms with Gasteiger partial charge < -0.3 is 0 Å². The van der Waals surface area contributed by atoms with Gasteiger partial charge in [-0.15, -0.1) is 21.5 Å². The average Bonchev–Trinajstić information content (AvgIpc) is 3.04. The van der Waals surface area contributed by atoms with Gasteiger partial charge >= 0.3 is 0 Å². The highest BCUT2D eigenvalue weighted by molar-refractivity contribution is 8.02. The molecule has 110 valence electrons.